The molecule has 2 rings (SSSR count). The number of carbonyl (C=O) groups is 2. The monoisotopic (exact) mass is 574 g/mol. The molecule has 1 aliphatic rings. The molecule has 3 N–H and O–H groups in total. The molecule has 0 aliphatic carbocycles. The number of alkyl carbamates (subject to hydrolysis) is 1. The number of amides is 2. The lowest BCUT2D eigenvalue weighted by Gasteiger charge is -2.23. The molecule has 0 aromatic heterocycles. The van der Waals surface area contributed by atoms with E-state index in [1.54, 1.807) is 7.05 Å². The Labute approximate surface area is 214 Å². The van der Waals surface area contributed by atoms with E-state index in [4.69, 9.17) is 4.74 Å². The summed E-state index contributed by atoms with van der Waals surface area (Å²) < 4.78 is 5.34. The Bertz CT molecular complexity index is 810. The van der Waals surface area contributed by atoms with Crippen LogP contribution >= 0.6 is 24.0 Å². The third kappa shape index (κ3) is 10.6. The minimum atomic E-state index is -0.516. The highest BCUT2D eigenvalue weighted by molar-refractivity contribution is 14.0. The normalized spacial score (nSPS) is 16.3. The van der Waals surface area contributed by atoms with E-state index < -0.39 is 11.7 Å². The third-order valence-electron chi connectivity index (χ3n) is 4.90. The van der Waals surface area contributed by atoms with Crippen molar-refractivity contribution in [3.05, 3.63) is 35.4 Å². The largest absolute Gasteiger partial charge is 0.444 e. The van der Waals surface area contributed by atoms with E-state index in [9.17, 15) is 9.59 Å². The Morgan fingerprint density at radius 1 is 1.24 bits per heavy atom. The van der Waals surface area contributed by atoms with Crippen molar-refractivity contribution in [2.45, 2.75) is 45.4 Å². The molecule has 9 nitrogen and oxygen atoms in total. The zero-order valence-corrected chi connectivity index (χ0v) is 22.9. The van der Waals surface area contributed by atoms with E-state index in [-0.39, 0.29) is 35.9 Å². The molecule has 1 aliphatic heterocycles. The number of ether oxygens (including phenoxy) is 1. The first kappa shape index (κ1) is 29.0. The molecule has 0 spiro atoms. The number of carbonyl (C=O) groups excluding carboxylic acids is 2. The second-order valence-electron chi connectivity index (χ2n) is 9.24. The molecule has 1 aromatic carbocycles. The van der Waals surface area contributed by atoms with Crippen LogP contribution in [0.3, 0.4) is 0 Å². The lowest BCUT2D eigenvalue weighted by Crippen LogP contribution is -2.44. The molecule has 1 fully saturated rings. The van der Waals surface area contributed by atoms with Gasteiger partial charge in [0.15, 0.2) is 5.96 Å². The highest BCUT2D eigenvalue weighted by Gasteiger charge is 2.27. The van der Waals surface area contributed by atoms with Gasteiger partial charge < -0.3 is 30.5 Å². The van der Waals surface area contributed by atoms with E-state index in [0.29, 0.717) is 25.2 Å². The van der Waals surface area contributed by atoms with Gasteiger partial charge in [-0.3, -0.25) is 9.79 Å². The zero-order valence-electron chi connectivity index (χ0n) is 20.6. The molecular formula is C23H39IN6O3. The Morgan fingerprint density at radius 3 is 2.61 bits per heavy atom. The highest BCUT2D eigenvalue weighted by Crippen LogP contribution is 2.12. The third-order valence-corrected chi connectivity index (χ3v) is 4.90. The number of benzene rings is 1. The van der Waals surface area contributed by atoms with E-state index >= 15 is 0 Å². The van der Waals surface area contributed by atoms with Crippen molar-refractivity contribution in [1.82, 2.24) is 25.8 Å². The topological polar surface area (TPSA) is 98.3 Å². The fourth-order valence-corrected chi connectivity index (χ4v) is 3.38. The summed E-state index contributed by atoms with van der Waals surface area (Å²) in [5.41, 5.74) is 1.12. The van der Waals surface area contributed by atoms with Crippen LogP contribution in [-0.2, 0) is 11.3 Å². The number of nitrogens with zero attached hydrogens (tertiary/aromatic N) is 3. The van der Waals surface area contributed by atoms with Gasteiger partial charge in [-0.1, -0.05) is 12.1 Å². The molecule has 1 unspecified atom stereocenters. The summed E-state index contributed by atoms with van der Waals surface area (Å²) in [6.45, 7) is 8.94. The number of hydrogen-bond acceptors (Lipinski definition) is 5. The van der Waals surface area contributed by atoms with Gasteiger partial charge >= 0.3 is 6.09 Å². The van der Waals surface area contributed by atoms with E-state index in [2.05, 4.69) is 25.8 Å². The second-order valence-corrected chi connectivity index (χ2v) is 9.24. The maximum atomic E-state index is 12.4. The van der Waals surface area contributed by atoms with E-state index in [1.807, 2.05) is 64.0 Å². The first-order valence-corrected chi connectivity index (χ1v) is 11.0. The van der Waals surface area contributed by atoms with Gasteiger partial charge in [-0.05, 0) is 59.0 Å². The average Bonchev–Trinajstić information content (AvgIpc) is 3.15. The number of rotatable bonds is 7. The number of guanidine groups is 1. The SMILES string of the molecule is CN=C(NCc1cccc(C(=O)NCCN(C)C)c1)N1CCC(NC(=O)OC(C)(C)C)C1.I. The summed E-state index contributed by atoms with van der Waals surface area (Å²) in [6, 6.07) is 7.58. The average molecular weight is 575 g/mol. The number of nitrogens with one attached hydrogen (secondary N) is 3. The summed E-state index contributed by atoms with van der Waals surface area (Å²) in [4.78, 5) is 32.9. The predicted octanol–water partition coefficient (Wildman–Crippen LogP) is 2.27. The Balaban J connectivity index is 0.00000544. The van der Waals surface area contributed by atoms with Crippen molar-refractivity contribution in [2.24, 2.45) is 4.99 Å². The van der Waals surface area contributed by atoms with Gasteiger partial charge in [-0.25, -0.2) is 4.79 Å². The van der Waals surface area contributed by atoms with Crippen LogP contribution in [0.25, 0.3) is 0 Å². The molecule has 1 atom stereocenters. The van der Waals surface area contributed by atoms with Crippen LogP contribution in [0.5, 0.6) is 0 Å². The first-order valence-electron chi connectivity index (χ1n) is 11.0. The van der Waals surface area contributed by atoms with Gasteiger partial charge in [-0.2, -0.15) is 0 Å². The predicted molar refractivity (Wildman–Crippen MR) is 142 cm³/mol. The van der Waals surface area contributed by atoms with Crippen LogP contribution in [0.1, 0.15) is 43.1 Å². The minimum absolute atomic E-state index is 0. The molecule has 1 aromatic rings. The summed E-state index contributed by atoms with van der Waals surface area (Å²) in [5.74, 6) is 0.688. The van der Waals surface area contributed by atoms with Crippen LogP contribution < -0.4 is 16.0 Å². The zero-order chi connectivity index (χ0) is 23.7. The number of likely N-dealkylation sites (N-methyl/N-ethyl adjacent to an activating group) is 1. The maximum absolute atomic E-state index is 12.4. The number of hydrogen-bond donors (Lipinski definition) is 3. The molecule has 10 heteroatoms. The summed E-state index contributed by atoms with van der Waals surface area (Å²) >= 11 is 0. The Hall–Kier alpha value is -2.08. The Kier molecular flexibility index (Phi) is 11.9. The molecule has 1 saturated heterocycles. The number of likely N-dealkylation sites (tertiary alicyclic amines) is 1. The van der Waals surface area contributed by atoms with Crippen molar-refractivity contribution in [1.29, 1.82) is 0 Å². The van der Waals surface area contributed by atoms with Gasteiger partial charge in [-0.15, -0.1) is 24.0 Å². The molecule has 0 saturated carbocycles. The molecule has 0 bridgehead atoms. The van der Waals surface area contributed by atoms with E-state index in [0.717, 1.165) is 31.0 Å². The van der Waals surface area contributed by atoms with Gasteiger partial charge in [0.2, 0.25) is 0 Å². The van der Waals surface area contributed by atoms with Gasteiger partial charge in [0.1, 0.15) is 5.60 Å². The van der Waals surface area contributed by atoms with Gasteiger partial charge in [0.25, 0.3) is 5.91 Å². The van der Waals surface area contributed by atoms with Crippen molar-refractivity contribution in [2.75, 3.05) is 47.3 Å². The fraction of sp³-hybridized carbons (Fsp3) is 0.609. The quantitative estimate of drug-likeness (QED) is 0.263. The van der Waals surface area contributed by atoms with Crippen LogP contribution in [0.2, 0.25) is 0 Å². The van der Waals surface area contributed by atoms with Crippen molar-refractivity contribution >= 4 is 41.9 Å². The minimum Gasteiger partial charge on any atom is -0.444 e. The van der Waals surface area contributed by atoms with Crippen LogP contribution in [0.4, 0.5) is 4.79 Å². The summed E-state index contributed by atoms with van der Waals surface area (Å²) in [6.07, 6.45) is 0.427. The van der Waals surface area contributed by atoms with Gasteiger partial charge in [0, 0.05) is 45.3 Å². The first-order chi connectivity index (χ1) is 15.1. The standard InChI is InChI=1S/C23H38N6O3.HI/c1-23(2,3)32-22(31)27-19-10-12-29(16-19)21(24-4)26-15-17-8-7-9-18(14-17)20(30)25-11-13-28(5)6;/h7-9,14,19H,10-13,15-16H2,1-6H3,(H,24,26)(H,25,30)(H,27,31);1H. The molecular weight excluding hydrogens is 535 g/mol. The van der Waals surface area contributed by atoms with Crippen molar-refractivity contribution in [3.63, 3.8) is 0 Å². The van der Waals surface area contributed by atoms with Crippen LogP contribution in [-0.4, -0.2) is 86.7 Å². The summed E-state index contributed by atoms with van der Waals surface area (Å²) in [5, 5.41) is 9.22. The molecule has 1 heterocycles. The lowest BCUT2D eigenvalue weighted by atomic mass is 10.1. The smallest absolute Gasteiger partial charge is 0.407 e. The number of aliphatic imine (C=N–C) groups is 1. The second kappa shape index (κ2) is 13.6. The number of halogens is 1. The molecule has 0 radical (unpaired) electrons. The van der Waals surface area contributed by atoms with Crippen LogP contribution in [0, 0.1) is 0 Å². The fourth-order valence-electron chi connectivity index (χ4n) is 3.38. The maximum Gasteiger partial charge on any atom is 0.407 e. The van der Waals surface area contributed by atoms with Crippen LogP contribution in [0.15, 0.2) is 29.3 Å². The van der Waals surface area contributed by atoms with Gasteiger partial charge in [0.05, 0.1) is 6.04 Å². The van der Waals surface area contributed by atoms with E-state index in [1.165, 1.54) is 0 Å². The molecule has 186 valence electrons. The lowest BCUT2D eigenvalue weighted by molar-refractivity contribution is 0.0507. The van der Waals surface area contributed by atoms with Crippen molar-refractivity contribution in [3.8, 4) is 0 Å². The Morgan fingerprint density at radius 2 is 1.97 bits per heavy atom. The van der Waals surface area contributed by atoms with Crippen molar-refractivity contribution < 1.29 is 14.3 Å². The molecule has 33 heavy (non-hydrogen) atoms. The summed E-state index contributed by atoms with van der Waals surface area (Å²) in [7, 11) is 5.69. The highest BCUT2D eigenvalue weighted by atomic mass is 127. The molecule has 2 amide bonds.